The molecule has 2 rings (SSSR count). The topological polar surface area (TPSA) is 38.8 Å². The van der Waals surface area contributed by atoms with E-state index in [1.165, 1.54) is 5.56 Å². The second-order valence-electron chi connectivity index (χ2n) is 5.74. The number of ether oxygens (including phenoxy) is 2. The molecule has 0 aliphatic carbocycles. The molecule has 1 aliphatic rings. The van der Waals surface area contributed by atoms with Crippen molar-refractivity contribution >= 4 is 6.09 Å². The summed E-state index contributed by atoms with van der Waals surface area (Å²) in [5.41, 5.74) is 0.903. The van der Waals surface area contributed by atoms with Gasteiger partial charge in [0.15, 0.2) is 0 Å². The smallest absolute Gasteiger partial charge is 0.410 e. The van der Waals surface area contributed by atoms with Crippen LogP contribution < -0.4 is 0 Å². The van der Waals surface area contributed by atoms with Crippen molar-refractivity contribution in [1.29, 1.82) is 0 Å². The molecule has 4 heteroatoms. The summed E-state index contributed by atoms with van der Waals surface area (Å²) in [7, 11) is 0. The maximum absolute atomic E-state index is 12.1. The summed E-state index contributed by atoms with van der Waals surface area (Å²) in [6.45, 7) is 7.33. The van der Waals surface area contributed by atoms with Gasteiger partial charge in [-0.1, -0.05) is 30.3 Å². The summed E-state index contributed by atoms with van der Waals surface area (Å²) in [5.74, 6) is 0. The standard InChI is InChI=1S/C16H23NO3/c1-4-19-15(18)17-11-14(20-12-16(17,2)3)10-13-8-6-5-7-9-13/h5-9,14H,4,10-12H2,1-3H3. The lowest BCUT2D eigenvalue weighted by Gasteiger charge is -2.44. The molecule has 1 aromatic rings. The second-order valence-corrected chi connectivity index (χ2v) is 5.74. The van der Waals surface area contributed by atoms with E-state index < -0.39 is 0 Å². The Bertz CT molecular complexity index is 444. The van der Waals surface area contributed by atoms with Crippen LogP contribution in [0.5, 0.6) is 0 Å². The van der Waals surface area contributed by atoms with Crippen molar-refractivity contribution in [2.45, 2.75) is 38.8 Å². The Balaban J connectivity index is 2.02. The summed E-state index contributed by atoms with van der Waals surface area (Å²) in [5, 5.41) is 0. The second kappa shape index (κ2) is 6.27. The molecule has 110 valence electrons. The quantitative estimate of drug-likeness (QED) is 0.852. The Kier molecular flexibility index (Phi) is 4.65. The van der Waals surface area contributed by atoms with Crippen LogP contribution in [0.1, 0.15) is 26.3 Å². The zero-order chi connectivity index (χ0) is 14.6. The van der Waals surface area contributed by atoms with Crippen molar-refractivity contribution in [1.82, 2.24) is 4.90 Å². The third-order valence-electron chi connectivity index (χ3n) is 3.58. The van der Waals surface area contributed by atoms with Crippen LogP contribution in [0.4, 0.5) is 4.79 Å². The first-order valence-electron chi connectivity index (χ1n) is 7.13. The van der Waals surface area contributed by atoms with Crippen molar-refractivity contribution in [3.63, 3.8) is 0 Å². The number of carbonyl (C=O) groups is 1. The van der Waals surface area contributed by atoms with Crippen molar-refractivity contribution < 1.29 is 14.3 Å². The first kappa shape index (κ1) is 14.9. The normalized spacial score (nSPS) is 21.6. The maximum Gasteiger partial charge on any atom is 0.410 e. The summed E-state index contributed by atoms with van der Waals surface area (Å²) in [6, 6.07) is 10.2. The monoisotopic (exact) mass is 277 g/mol. The molecule has 1 amide bonds. The molecule has 1 aliphatic heterocycles. The summed E-state index contributed by atoms with van der Waals surface area (Å²) in [6.07, 6.45) is 0.584. The van der Waals surface area contributed by atoms with Gasteiger partial charge in [-0.25, -0.2) is 4.79 Å². The average Bonchev–Trinajstić information content (AvgIpc) is 2.42. The molecular formula is C16H23NO3. The minimum absolute atomic E-state index is 0.0230. The fourth-order valence-corrected chi connectivity index (χ4v) is 2.43. The Morgan fingerprint density at radius 3 is 2.75 bits per heavy atom. The van der Waals surface area contributed by atoms with Crippen LogP contribution in [0.25, 0.3) is 0 Å². The van der Waals surface area contributed by atoms with E-state index in [-0.39, 0.29) is 17.7 Å². The van der Waals surface area contributed by atoms with Gasteiger partial charge < -0.3 is 9.47 Å². The lowest BCUT2D eigenvalue weighted by Crippen LogP contribution is -2.58. The van der Waals surface area contributed by atoms with Gasteiger partial charge in [-0.3, -0.25) is 4.90 Å². The third kappa shape index (κ3) is 3.51. The van der Waals surface area contributed by atoms with Gasteiger partial charge >= 0.3 is 6.09 Å². The SMILES string of the molecule is CCOC(=O)N1CC(Cc2ccccc2)OCC1(C)C. The lowest BCUT2D eigenvalue weighted by atomic mass is 9.99. The molecule has 1 atom stereocenters. The Hall–Kier alpha value is -1.55. The Morgan fingerprint density at radius 1 is 1.40 bits per heavy atom. The van der Waals surface area contributed by atoms with E-state index >= 15 is 0 Å². The summed E-state index contributed by atoms with van der Waals surface area (Å²) >= 11 is 0. The van der Waals surface area contributed by atoms with Crippen LogP contribution in [0.3, 0.4) is 0 Å². The molecular weight excluding hydrogens is 254 g/mol. The van der Waals surface area contributed by atoms with E-state index in [1.807, 2.05) is 39.0 Å². The number of benzene rings is 1. The summed E-state index contributed by atoms with van der Waals surface area (Å²) < 4.78 is 11.1. The highest BCUT2D eigenvalue weighted by Crippen LogP contribution is 2.24. The molecule has 20 heavy (non-hydrogen) atoms. The van der Waals surface area contributed by atoms with Gasteiger partial charge in [0, 0.05) is 6.42 Å². The van der Waals surface area contributed by atoms with E-state index in [9.17, 15) is 4.79 Å². The number of hydrogen-bond donors (Lipinski definition) is 0. The van der Waals surface area contributed by atoms with E-state index in [1.54, 1.807) is 4.90 Å². The zero-order valence-electron chi connectivity index (χ0n) is 12.5. The van der Waals surface area contributed by atoms with Crippen LogP contribution in [0.2, 0.25) is 0 Å². The fraction of sp³-hybridized carbons (Fsp3) is 0.562. The van der Waals surface area contributed by atoms with Gasteiger partial charge in [-0.2, -0.15) is 0 Å². The molecule has 0 bridgehead atoms. The van der Waals surface area contributed by atoms with Crippen molar-refractivity contribution in [3.8, 4) is 0 Å². The van der Waals surface area contributed by atoms with Gasteiger partial charge in [0.25, 0.3) is 0 Å². The van der Waals surface area contributed by atoms with Gasteiger partial charge in [0.1, 0.15) is 0 Å². The Labute approximate surface area is 120 Å². The maximum atomic E-state index is 12.1. The molecule has 0 saturated carbocycles. The predicted molar refractivity (Wildman–Crippen MR) is 77.7 cm³/mol. The molecule has 0 aromatic heterocycles. The highest BCUT2D eigenvalue weighted by atomic mass is 16.6. The molecule has 0 radical (unpaired) electrons. The van der Waals surface area contributed by atoms with Crippen LogP contribution in [0, 0.1) is 0 Å². The van der Waals surface area contributed by atoms with Gasteiger partial charge in [0.05, 0.1) is 31.4 Å². The largest absolute Gasteiger partial charge is 0.450 e. The molecule has 1 heterocycles. The highest BCUT2D eigenvalue weighted by molar-refractivity contribution is 5.68. The zero-order valence-corrected chi connectivity index (χ0v) is 12.5. The first-order valence-corrected chi connectivity index (χ1v) is 7.13. The third-order valence-corrected chi connectivity index (χ3v) is 3.58. The lowest BCUT2D eigenvalue weighted by molar-refractivity contribution is -0.0888. The number of rotatable bonds is 3. The number of nitrogens with zero attached hydrogens (tertiary/aromatic N) is 1. The number of carbonyl (C=O) groups excluding carboxylic acids is 1. The number of hydrogen-bond acceptors (Lipinski definition) is 3. The fourth-order valence-electron chi connectivity index (χ4n) is 2.43. The molecule has 0 spiro atoms. The van der Waals surface area contributed by atoms with Crippen LogP contribution in [-0.2, 0) is 15.9 Å². The Morgan fingerprint density at radius 2 is 2.10 bits per heavy atom. The molecule has 1 fully saturated rings. The van der Waals surface area contributed by atoms with E-state index in [0.29, 0.717) is 19.8 Å². The molecule has 0 N–H and O–H groups in total. The summed E-state index contributed by atoms with van der Waals surface area (Å²) in [4.78, 5) is 13.8. The van der Waals surface area contributed by atoms with Crippen LogP contribution in [-0.4, -0.2) is 42.4 Å². The number of amides is 1. The number of morpholine rings is 1. The van der Waals surface area contributed by atoms with Gasteiger partial charge in [0.2, 0.25) is 0 Å². The molecule has 4 nitrogen and oxygen atoms in total. The van der Waals surface area contributed by atoms with Crippen molar-refractivity contribution in [2.24, 2.45) is 0 Å². The van der Waals surface area contributed by atoms with Crippen molar-refractivity contribution in [2.75, 3.05) is 19.8 Å². The van der Waals surface area contributed by atoms with Crippen LogP contribution in [0.15, 0.2) is 30.3 Å². The molecule has 1 unspecified atom stereocenters. The van der Waals surface area contributed by atoms with Gasteiger partial charge in [-0.05, 0) is 26.3 Å². The van der Waals surface area contributed by atoms with E-state index in [4.69, 9.17) is 9.47 Å². The minimum atomic E-state index is -0.320. The molecule has 1 aromatic carbocycles. The molecule has 1 saturated heterocycles. The van der Waals surface area contributed by atoms with Crippen LogP contribution >= 0.6 is 0 Å². The first-order chi connectivity index (χ1) is 9.53. The van der Waals surface area contributed by atoms with E-state index in [2.05, 4.69) is 12.1 Å². The van der Waals surface area contributed by atoms with E-state index in [0.717, 1.165) is 6.42 Å². The van der Waals surface area contributed by atoms with Crippen molar-refractivity contribution in [3.05, 3.63) is 35.9 Å². The minimum Gasteiger partial charge on any atom is -0.450 e. The van der Waals surface area contributed by atoms with Gasteiger partial charge in [-0.15, -0.1) is 0 Å². The highest BCUT2D eigenvalue weighted by Gasteiger charge is 2.38. The predicted octanol–water partition coefficient (Wildman–Crippen LogP) is 2.87. The average molecular weight is 277 g/mol.